The van der Waals surface area contributed by atoms with Crippen LogP contribution < -0.4 is 0 Å². The summed E-state index contributed by atoms with van der Waals surface area (Å²) in [6.45, 7) is 15.9. The normalized spacial score (nSPS) is 27.9. The highest BCUT2D eigenvalue weighted by atomic mass is 19.4. The Morgan fingerprint density at radius 3 is 1.80 bits per heavy atom. The average Bonchev–Trinajstić information content (AvgIpc) is 3.47. The van der Waals surface area contributed by atoms with Crippen LogP contribution in [-0.2, 0) is 19.1 Å². The zero-order chi connectivity index (χ0) is 31.6. The minimum atomic E-state index is -5.75. The standard InChI is InChI=1S/C31H50F6O4/c1-18(2)15-24(25(38)41-26(30(32,33)34)31(35,36)37)20(4)10-9-19(3)16-29(17-21(29)5)27(39)40-23-13-11-22(12-14-23)28(6,7)8/h18-24,26H,9-17H2,1-8H3. The Bertz CT molecular complexity index is 855. The van der Waals surface area contributed by atoms with Gasteiger partial charge in [0.15, 0.2) is 0 Å². The van der Waals surface area contributed by atoms with Crippen LogP contribution in [0.3, 0.4) is 0 Å². The molecule has 0 amide bonds. The van der Waals surface area contributed by atoms with Gasteiger partial charge in [-0.1, -0.05) is 61.8 Å². The maximum atomic E-state index is 13.3. The fourth-order valence-electron chi connectivity index (χ4n) is 6.52. The summed E-state index contributed by atoms with van der Waals surface area (Å²) in [7, 11) is 0. The first-order valence-corrected chi connectivity index (χ1v) is 15.1. The van der Waals surface area contributed by atoms with Crippen molar-refractivity contribution in [3.05, 3.63) is 0 Å². The number of esters is 2. The summed E-state index contributed by atoms with van der Waals surface area (Å²) in [4.78, 5) is 25.9. The molecule has 0 N–H and O–H groups in total. The zero-order valence-corrected chi connectivity index (χ0v) is 25.9. The van der Waals surface area contributed by atoms with Gasteiger partial charge in [0.2, 0.25) is 0 Å². The molecule has 2 fully saturated rings. The molecular weight excluding hydrogens is 550 g/mol. The third-order valence-corrected chi connectivity index (χ3v) is 9.40. The molecule has 2 saturated carbocycles. The SMILES string of the molecule is CC(C)CC(C(=O)OC(C(F)(F)F)C(F)(F)F)C(C)CCC(C)CC1(C(=O)OC2CCC(C(C)(C)C)CC2)CC1C. The van der Waals surface area contributed by atoms with E-state index in [4.69, 9.17) is 4.74 Å². The second-order valence-electron chi connectivity index (χ2n) is 14.5. The summed E-state index contributed by atoms with van der Waals surface area (Å²) in [5, 5.41) is 0. The fraction of sp³-hybridized carbons (Fsp3) is 0.935. The zero-order valence-electron chi connectivity index (χ0n) is 25.9. The molecule has 0 spiro atoms. The lowest BCUT2D eigenvalue weighted by atomic mass is 9.72. The van der Waals surface area contributed by atoms with Crippen molar-refractivity contribution in [3.8, 4) is 0 Å². The molecule has 240 valence electrons. The molecule has 10 heteroatoms. The topological polar surface area (TPSA) is 52.6 Å². The predicted octanol–water partition coefficient (Wildman–Crippen LogP) is 9.30. The third-order valence-electron chi connectivity index (χ3n) is 9.40. The maximum Gasteiger partial charge on any atom is 0.434 e. The molecule has 41 heavy (non-hydrogen) atoms. The van der Waals surface area contributed by atoms with Crippen LogP contribution in [-0.4, -0.2) is 36.5 Å². The van der Waals surface area contributed by atoms with Crippen LogP contribution >= 0.6 is 0 Å². The number of carbonyl (C=O) groups is 2. The van der Waals surface area contributed by atoms with E-state index in [2.05, 4.69) is 25.5 Å². The Balaban J connectivity index is 1.96. The van der Waals surface area contributed by atoms with E-state index >= 15 is 0 Å². The van der Waals surface area contributed by atoms with Crippen molar-refractivity contribution in [3.63, 3.8) is 0 Å². The quantitative estimate of drug-likeness (QED) is 0.165. The number of alkyl halides is 6. The Morgan fingerprint density at radius 1 is 0.878 bits per heavy atom. The summed E-state index contributed by atoms with van der Waals surface area (Å²) >= 11 is 0. The molecule has 0 radical (unpaired) electrons. The van der Waals surface area contributed by atoms with Gasteiger partial charge >= 0.3 is 24.3 Å². The summed E-state index contributed by atoms with van der Waals surface area (Å²) in [5.41, 5.74) is -0.316. The number of carbonyl (C=O) groups excluding carboxylic acids is 2. The predicted molar refractivity (Wildman–Crippen MR) is 145 cm³/mol. The Kier molecular flexibility index (Phi) is 11.7. The van der Waals surface area contributed by atoms with E-state index in [1.54, 1.807) is 20.8 Å². The van der Waals surface area contributed by atoms with Crippen LogP contribution in [0, 0.1) is 46.3 Å². The maximum absolute atomic E-state index is 13.3. The van der Waals surface area contributed by atoms with Crippen LogP contribution in [0.4, 0.5) is 26.3 Å². The Labute approximate surface area is 241 Å². The van der Waals surface area contributed by atoms with Crippen molar-refractivity contribution < 1.29 is 45.4 Å². The van der Waals surface area contributed by atoms with E-state index in [0.717, 1.165) is 32.1 Å². The van der Waals surface area contributed by atoms with Crippen molar-refractivity contribution in [1.82, 2.24) is 0 Å². The molecule has 2 aliphatic rings. The first-order valence-electron chi connectivity index (χ1n) is 15.1. The summed E-state index contributed by atoms with van der Waals surface area (Å²) < 4.78 is 88.0. The third kappa shape index (κ3) is 10.0. The highest BCUT2D eigenvalue weighted by Gasteiger charge is 2.61. The number of hydrogen-bond acceptors (Lipinski definition) is 4. The van der Waals surface area contributed by atoms with E-state index < -0.39 is 41.7 Å². The molecule has 0 aromatic carbocycles. The highest BCUT2D eigenvalue weighted by Crippen LogP contribution is 2.58. The monoisotopic (exact) mass is 600 g/mol. The van der Waals surface area contributed by atoms with Gasteiger partial charge in [-0.2, -0.15) is 26.3 Å². The average molecular weight is 601 g/mol. The second kappa shape index (κ2) is 13.4. The first kappa shape index (κ1) is 35.7. The Hall–Kier alpha value is -1.48. The lowest BCUT2D eigenvalue weighted by molar-refractivity contribution is -0.314. The van der Waals surface area contributed by atoms with E-state index in [1.807, 2.05) is 13.8 Å². The number of rotatable bonds is 12. The van der Waals surface area contributed by atoms with Crippen LogP contribution in [0.15, 0.2) is 0 Å². The highest BCUT2D eigenvalue weighted by molar-refractivity contribution is 5.80. The first-order chi connectivity index (χ1) is 18.6. The summed E-state index contributed by atoms with van der Waals surface area (Å²) in [6, 6.07) is 0. The number of hydrogen-bond donors (Lipinski definition) is 0. The van der Waals surface area contributed by atoms with Gasteiger partial charge in [-0.3, -0.25) is 9.59 Å². The molecule has 0 heterocycles. The molecule has 5 unspecified atom stereocenters. The van der Waals surface area contributed by atoms with Crippen LogP contribution in [0.25, 0.3) is 0 Å². The number of ether oxygens (including phenoxy) is 2. The van der Waals surface area contributed by atoms with Gasteiger partial charge in [0.25, 0.3) is 6.10 Å². The van der Waals surface area contributed by atoms with Gasteiger partial charge in [0, 0.05) is 0 Å². The van der Waals surface area contributed by atoms with Gasteiger partial charge in [0.05, 0.1) is 11.3 Å². The van der Waals surface area contributed by atoms with Gasteiger partial charge in [-0.05, 0) is 86.4 Å². The lowest BCUT2D eigenvalue weighted by Crippen LogP contribution is -2.47. The molecule has 0 aliphatic heterocycles. The van der Waals surface area contributed by atoms with Gasteiger partial charge < -0.3 is 9.47 Å². The second-order valence-corrected chi connectivity index (χ2v) is 14.5. The molecule has 5 atom stereocenters. The molecule has 0 saturated heterocycles. The van der Waals surface area contributed by atoms with Crippen molar-refractivity contribution in [1.29, 1.82) is 0 Å². The fourth-order valence-corrected chi connectivity index (χ4v) is 6.52. The smallest absolute Gasteiger partial charge is 0.434 e. The van der Waals surface area contributed by atoms with Gasteiger partial charge in [-0.25, -0.2) is 0 Å². The van der Waals surface area contributed by atoms with E-state index in [0.29, 0.717) is 25.2 Å². The minimum absolute atomic E-state index is 0.0559. The molecule has 4 nitrogen and oxygen atoms in total. The minimum Gasteiger partial charge on any atom is -0.462 e. The molecule has 0 aromatic rings. The van der Waals surface area contributed by atoms with Crippen LogP contribution in [0.1, 0.15) is 113 Å². The molecule has 2 rings (SSSR count). The van der Waals surface area contributed by atoms with E-state index in [-0.39, 0.29) is 41.7 Å². The number of halogens is 6. The van der Waals surface area contributed by atoms with Crippen LogP contribution in [0.5, 0.6) is 0 Å². The molecule has 0 aromatic heterocycles. The summed E-state index contributed by atoms with van der Waals surface area (Å²) in [6.07, 6.45) is -9.48. The van der Waals surface area contributed by atoms with E-state index in [1.165, 1.54) is 0 Å². The lowest BCUT2D eigenvalue weighted by Gasteiger charge is -2.37. The summed E-state index contributed by atoms with van der Waals surface area (Å²) in [5.74, 6) is -2.51. The van der Waals surface area contributed by atoms with Crippen molar-refractivity contribution >= 4 is 11.9 Å². The van der Waals surface area contributed by atoms with Crippen molar-refractivity contribution in [2.24, 2.45) is 46.3 Å². The van der Waals surface area contributed by atoms with Crippen molar-refractivity contribution in [2.75, 3.05) is 0 Å². The molecule has 2 aliphatic carbocycles. The van der Waals surface area contributed by atoms with E-state index in [9.17, 15) is 35.9 Å². The molecular formula is C31H50F6O4. The Morgan fingerprint density at radius 2 is 1.39 bits per heavy atom. The largest absolute Gasteiger partial charge is 0.462 e. The van der Waals surface area contributed by atoms with Gasteiger partial charge in [0.1, 0.15) is 6.10 Å². The van der Waals surface area contributed by atoms with Gasteiger partial charge in [-0.15, -0.1) is 0 Å². The van der Waals surface area contributed by atoms with Crippen molar-refractivity contribution in [2.45, 2.75) is 138 Å². The molecule has 0 bridgehead atoms. The van der Waals surface area contributed by atoms with Crippen LogP contribution in [0.2, 0.25) is 0 Å².